The van der Waals surface area contributed by atoms with Crippen LogP contribution in [0.2, 0.25) is 0 Å². The number of likely N-dealkylation sites (tertiary alicyclic amines) is 2. The molecule has 0 radical (unpaired) electrons. The Bertz CT molecular complexity index is 949. The number of rotatable bonds is 6. The monoisotopic (exact) mass is 428 g/mol. The van der Waals surface area contributed by atoms with Gasteiger partial charge >= 0.3 is 0 Å². The second-order valence-corrected chi connectivity index (χ2v) is 10.0. The van der Waals surface area contributed by atoms with Crippen molar-refractivity contribution in [3.8, 4) is 0 Å². The van der Waals surface area contributed by atoms with E-state index >= 15 is 0 Å². The van der Waals surface area contributed by atoms with Crippen molar-refractivity contribution >= 4 is 11.5 Å². The maximum atomic E-state index is 13.0. The first kappa shape index (κ1) is 21.5. The molecule has 0 N–H and O–H groups in total. The number of benzene rings is 2. The average Bonchev–Trinajstić information content (AvgIpc) is 3.44. The van der Waals surface area contributed by atoms with E-state index in [1.165, 1.54) is 49.1 Å². The molecule has 1 aliphatic carbocycles. The van der Waals surface area contributed by atoms with E-state index in [0.29, 0.717) is 18.3 Å². The van der Waals surface area contributed by atoms with Crippen molar-refractivity contribution in [1.82, 2.24) is 9.80 Å². The predicted octanol–water partition coefficient (Wildman–Crippen LogP) is 5.21. The summed E-state index contributed by atoms with van der Waals surface area (Å²) in [5, 5.41) is 0. The topological polar surface area (TPSA) is 23.6 Å². The Balaban J connectivity index is 1.21. The van der Waals surface area contributed by atoms with Crippen LogP contribution in [-0.4, -0.2) is 47.9 Å². The molecule has 0 aromatic heterocycles. The summed E-state index contributed by atoms with van der Waals surface area (Å²) in [7, 11) is 0. The summed E-state index contributed by atoms with van der Waals surface area (Å²) < 4.78 is 0. The highest BCUT2D eigenvalue weighted by Crippen LogP contribution is 2.41. The highest BCUT2D eigenvalue weighted by molar-refractivity contribution is 5.80. The Kier molecular flexibility index (Phi) is 6.45. The third-order valence-corrected chi connectivity index (χ3v) is 7.96. The number of hydrogen-bond acceptors (Lipinski definition) is 2. The van der Waals surface area contributed by atoms with Gasteiger partial charge in [-0.3, -0.25) is 4.79 Å². The molecule has 2 fully saturated rings. The summed E-state index contributed by atoms with van der Waals surface area (Å²) in [6, 6.07) is 20.2. The molecule has 0 saturated carbocycles. The summed E-state index contributed by atoms with van der Waals surface area (Å²) in [4.78, 5) is 17.7. The third-order valence-electron chi connectivity index (χ3n) is 7.96. The molecule has 2 saturated heterocycles. The van der Waals surface area contributed by atoms with Gasteiger partial charge in [-0.15, -0.1) is 0 Å². The minimum absolute atomic E-state index is 0.274. The highest BCUT2D eigenvalue weighted by atomic mass is 16.2. The van der Waals surface area contributed by atoms with Crippen molar-refractivity contribution in [2.24, 2.45) is 11.8 Å². The first-order valence-electron chi connectivity index (χ1n) is 12.5. The lowest BCUT2D eigenvalue weighted by atomic mass is 9.78. The van der Waals surface area contributed by atoms with Crippen molar-refractivity contribution < 1.29 is 4.79 Å². The average molecular weight is 429 g/mol. The van der Waals surface area contributed by atoms with E-state index in [0.717, 1.165) is 37.5 Å². The number of carbonyl (C=O) groups excluding carboxylic acids is 1. The smallest absolute Gasteiger partial charge is 0.227 e. The van der Waals surface area contributed by atoms with Crippen molar-refractivity contribution in [1.29, 1.82) is 0 Å². The molecule has 168 valence electrons. The van der Waals surface area contributed by atoms with Gasteiger partial charge in [-0.2, -0.15) is 0 Å². The SMILES string of the molecule is CC1CCCN1CCc1ccc(C2=CCCC3CN(C(=O)Cc4ccccc4)CC23)cc1. The third kappa shape index (κ3) is 4.68. The van der Waals surface area contributed by atoms with Crippen molar-refractivity contribution in [2.45, 2.75) is 51.5 Å². The van der Waals surface area contributed by atoms with E-state index < -0.39 is 0 Å². The Morgan fingerprint density at radius 3 is 2.53 bits per heavy atom. The Labute approximate surface area is 193 Å². The summed E-state index contributed by atoms with van der Waals surface area (Å²) in [6.45, 7) is 6.58. The summed E-state index contributed by atoms with van der Waals surface area (Å²) >= 11 is 0. The van der Waals surface area contributed by atoms with Crippen LogP contribution in [0.25, 0.3) is 5.57 Å². The van der Waals surface area contributed by atoms with Crippen LogP contribution in [0.4, 0.5) is 0 Å². The molecular weight excluding hydrogens is 392 g/mol. The number of hydrogen-bond donors (Lipinski definition) is 0. The van der Waals surface area contributed by atoms with Crippen LogP contribution in [0.1, 0.15) is 49.3 Å². The maximum Gasteiger partial charge on any atom is 0.227 e. The van der Waals surface area contributed by atoms with Gasteiger partial charge in [-0.05, 0) is 73.8 Å². The fourth-order valence-corrected chi connectivity index (χ4v) is 6.00. The summed E-state index contributed by atoms with van der Waals surface area (Å²) in [5.41, 5.74) is 5.38. The standard InChI is InChI=1S/C29H36N2O/c1-22-7-6-17-30(22)18-16-23-12-14-25(15-13-23)27-11-5-10-26-20-31(21-28(26)27)29(32)19-24-8-3-2-4-9-24/h2-4,8-9,11-15,22,26,28H,5-7,10,16-21H2,1H3. The van der Waals surface area contributed by atoms with Gasteiger partial charge in [0.25, 0.3) is 0 Å². The van der Waals surface area contributed by atoms with Gasteiger partial charge in [-0.1, -0.05) is 60.7 Å². The number of amides is 1. The van der Waals surface area contributed by atoms with Crippen molar-refractivity contribution in [3.05, 3.63) is 77.4 Å². The molecule has 3 aliphatic rings. The van der Waals surface area contributed by atoms with Gasteiger partial charge in [0.15, 0.2) is 0 Å². The molecule has 5 rings (SSSR count). The second-order valence-electron chi connectivity index (χ2n) is 10.0. The molecule has 2 aromatic rings. The van der Waals surface area contributed by atoms with E-state index in [9.17, 15) is 4.79 Å². The Morgan fingerprint density at radius 2 is 1.78 bits per heavy atom. The minimum atomic E-state index is 0.274. The molecule has 3 heteroatoms. The van der Waals surface area contributed by atoms with Gasteiger partial charge in [0.1, 0.15) is 0 Å². The zero-order valence-corrected chi connectivity index (χ0v) is 19.4. The zero-order chi connectivity index (χ0) is 21.9. The first-order valence-corrected chi connectivity index (χ1v) is 12.5. The molecule has 2 heterocycles. The van der Waals surface area contributed by atoms with Gasteiger partial charge < -0.3 is 9.80 Å². The van der Waals surface area contributed by atoms with E-state index in [2.05, 4.69) is 59.2 Å². The first-order chi connectivity index (χ1) is 15.7. The normalized spacial score (nSPS) is 25.6. The molecule has 1 amide bonds. The minimum Gasteiger partial charge on any atom is -0.341 e. The second kappa shape index (κ2) is 9.62. The summed E-state index contributed by atoms with van der Waals surface area (Å²) in [5.74, 6) is 1.36. The van der Waals surface area contributed by atoms with Crippen LogP contribution < -0.4 is 0 Å². The molecule has 2 aliphatic heterocycles. The molecule has 32 heavy (non-hydrogen) atoms. The number of carbonyl (C=O) groups is 1. The largest absolute Gasteiger partial charge is 0.341 e. The maximum absolute atomic E-state index is 13.0. The molecule has 3 unspecified atom stereocenters. The number of allylic oxidation sites excluding steroid dienone is 1. The van der Waals surface area contributed by atoms with E-state index in [4.69, 9.17) is 0 Å². The van der Waals surface area contributed by atoms with Crippen molar-refractivity contribution in [2.75, 3.05) is 26.2 Å². The fraction of sp³-hybridized carbons (Fsp3) is 0.483. The highest BCUT2D eigenvalue weighted by Gasteiger charge is 2.38. The molecule has 0 spiro atoms. The predicted molar refractivity (Wildman–Crippen MR) is 131 cm³/mol. The lowest BCUT2D eigenvalue weighted by molar-refractivity contribution is -0.129. The van der Waals surface area contributed by atoms with E-state index in [1.54, 1.807) is 0 Å². The van der Waals surface area contributed by atoms with Crippen molar-refractivity contribution in [3.63, 3.8) is 0 Å². The van der Waals surface area contributed by atoms with Crippen LogP contribution in [0.5, 0.6) is 0 Å². The van der Waals surface area contributed by atoms with Gasteiger partial charge in [-0.25, -0.2) is 0 Å². The number of fused-ring (bicyclic) bond motifs is 1. The molecule has 3 atom stereocenters. The van der Waals surface area contributed by atoms with Crippen LogP contribution in [-0.2, 0) is 17.6 Å². The van der Waals surface area contributed by atoms with Crippen LogP contribution in [0.3, 0.4) is 0 Å². The van der Waals surface area contributed by atoms with Gasteiger partial charge in [0, 0.05) is 31.6 Å². The Hall–Kier alpha value is -2.39. The number of nitrogens with zero attached hydrogens (tertiary/aromatic N) is 2. The molecule has 2 aromatic carbocycles. The molecular formula is C29H36N2O. The molecule has 3 nitrogen and oxygen atoms in total. The van der Waals surface area contributed by atoms with Gasteiger partial charge in [0.2, 0.25) is 5.91 Å². The lowest BCUT2D eigenvalue weighted by Crippen LogP contribution is -2.30. The van der Waals surface area contributed by atoms with Gasteiger partial charge in [0.05, 0.1) is 6.42 Å². The van der Waals surface area contributed by atoms with Crippen LogP contribution in [0, 0.1) is 11.8 Å². The fourth-order valence-electron chi connectivity index (χ4n) is 6.00. The summed E-state index contributed by atoms with van der Waals surface area (Å²) in [6.07, 6.45) is 9.12. The quantitative estimate of drug-likeness (QED) is 0.631. The Morgan fingerprint density at radius 1 is 0.969 bits per heavy atom. The zero-order valence-electron chi connectivity index (χ0n) is 19.4. The van der Waals surface area contributed by atoms with E-state index in [-0.39, 0.29) is 5.91 Å². The lowest BCUT2D eigenvalue weighted by Gasteiger charge is -2.26. The van der Waals surface area contributed by atoms with Crippen LogP contribution >= 0.6 is 0 Å². The van der Waals surface area contributed by atoms with Crippen LogP contribution in [0.15, 0.2) is 60.7 Å². The molecule has 0 bridgehead atoms. The van der Waals surface area contributed by atoms with E-state index in [1.807, 2.05) is 18.2 Å².